The van der Waals surface area contributed by atoms with Crippen LogP contribution in [0.1, 0.15) is 11.1 Å². The lowest BCUT2D eigenvalue weighted by Crippen LogP contribution is -1.91. The Hall–Kier alpha value is -2.26. The molecule has 0 bridgehead atoms. The average Bonchev–Trinajstić information content (AvgIpc) is 2.52. The summed E-state index contributed by atoms with van der Waals surface area (Å²) in [4.78, 5) is 0. The first-order chi connectivity index (χ1) is 10.6. The van der Waals surface area contributed by atoms with E-state index < -0.39 is 0 Å². The van der Waals surface area contributed by atoms with Crippen LogP contribution in [0.3, 0.4) is 0 Å². The van der Waals surface area contributed by atoms with Crippen molar-refractivity contribution in [2.45, 2.75) is 6.42 Å². The summed E-state index contributed by atoms with van der Waals surface area (Å²) in [6.07, 6.45) is 0.489. The van der Waals surface area contributed by atoms with Crippen LogP contribution in [-0.2, 0) is 6.42 Å². The second kappa shape index (κ2) is 6.24. The number of phenols is 2. The standard InChI is InChI=1S/C19H15BrO2/c20-17-8-5-13(6-9-17)14-7-10-19(22)16(11-14)12-15-3-1-2-4-18(15)21/h1-11,21-22H,12H2. The van der Waals surface area contributed by atoms with E-state index in [4.69, 9.17) is 0 Å². The quantitative estimate of drug-likeness (QED) is 0.685. The lowest BCUT2D eigenvalue weighted by atomic mass is 9.98. The van der Waals surface area contributed by atoms with Crippen LogP contribution in [0.5, 0.6) is 11.5 Å². The minimum absolute atomic E-state index is 0.240. The van der Waals surface area contributed by atoms with Gasteiger partial charge in [-0.2, -0.15) is 0 Å². The molecule has 3 rings (SSSR count). The van der Waals surface area contributed by atoms with Crippen molar-refractivity contribution in [2.24, 2.45) is 0 Å². The summed E-state index contributed by atoms with van der Waals surface area (Å²) in [5, 5.41) is 20.0. The number of para-hydroxylation sites is 1. The third-order valence-corrected chi connectivity index (χ3v) is 4.16. The van der Waals surface area contributed by atoms with Gasteiger partial charge in [0.25, 0.3) is 0 Å². The summed E-state index contributed by atoms with van der Waals surface area (Å²) in [5.41, 5.74) is 3.71. The van der Waals surface area contributed by atoms with E-state index in [2.05, 4.69) is 15.9 Å². The summed E-state index contributed by atoms with van der Waals surface area (Å²) >= 11 is 3.43. The van der Waals surface area contributed by atoms with Gasteiger partial charge < -0.3 is 10.2 Å². The lowest BCUT2D eigenvalue weighted by Gasteiger charge is -2.10. The number of phenolic OH excluding ortho intramolecular Hbond substituents is 2. The number of rotatable bonds is 3. The van der Waals surface area contributed by atoms with Gasteiger partial charge in [0.1, 0.15) is 11.5 Å². The van der Waals surface area contributed by atoms with Crippen LogP contribution in [0.2, 0.25) is 0 Å². The third-order valence-electron chi connectivity index (χ3n) is 3.63. The Balaban J connectivity index is 1.97. The molecule has 0 aliphatic rings. The molecule has 0 saturated carbocycles. The van der Waals surface area contributed by atoms with Crippen molar-refractivity contribution in [2.75, 3.05) is 0 Å². The normalized spacial score (nSPS) is 10.6. The SMILES string of the molecule is Oc1ccccc1Cc1cc(-c2ccc(Br)cc2)ccc1O. The Kier molecular flexibility index (Phi) is 4.16. The highest BCUT2D eigenvalue weighted by atomic mass is 79.9. The molecule has 0 aliphatic heterocycles. The topological polar surface area (TPSA) is 40.5 Å². The van der Waals surface area contributed by atoms with Gasteiger partial charge in [0.2, 0.25) is 0 Å². The molecular formula is C19H15BrO2. The highest BCUT2D eigenvalue weighted by Gasteiger charge is 2.08. The third kappa shape index (κ3) is 3.15. The van der Waals surface area contributed by atoms with Gasteiger partial charge >= 0.3 is 0 Å². The van der Waals surface area contributed by atoms with Crippen LogP contribution in [0.15, 0.2) is 71.2 Å². The van der Waals surface area contributed by atoms with Crippen LogP contribution in [0.25, 0.3) is 11.1 Å². The summed E-state index contributed by atoms with van der Waals surface area (Å²) in [7, 11) is 0. The molecule has 0 saturated heterocycles. The van der Waals surface area contributed by atoms with E-state index >= 15 is 0 Å². The first kappa shape index (κ1) is 14.7. The zero-order valence-corrected chi connectivity index (χ0v) is 13.4. The second-order valence-electron chi connectivity index (χ2n) is 5.16. The van der Waals surface area contributed by atoms with E-state index in [-0.39, 0.29) is 11.5 Å². The fourth-order valence-electron chi connectivity index (χ4n) is 2.41. The molecule has 0 aliphatic carbocycles. The molecule has 110 valence electrons. The largest absolute Gasteiger partial charge is 0.508 e. The maximum Gasteiger partial charge on any atom is 0.119 e. The van der Waals surface area contributed by atoms with Gasteiger partial charge in [-0.15, -0.1) is 0 Å². The molecule has 3 aromatic rings. The van der Waals surface area contributed by atoms with E-state index in [0.29, 0.717) is 6.42 Å². The fraction of sp³-hybridized carbons (Fsp3) is 0.0526. The fourth-order valence-corrected chi connectivity index (χ4v) is 2.68. The van der Waals surface area contributed by atoms with Gasteiger partial charge in [0, 0.05) is 10.9 Å². The Bertz CT molecular complexity index is 795. The number of halogens is 1. The summed E-state index contributed by atoms with van der Waals surface area (Å²) in [6, 6.07) is 20.8. The van der Waals surface area contributed by atoms with Crippen molar-refractivity contribution in [3.63, 3.8) is 0 Å². The van der Waals surface area contributed by atoms with Crippen molar-refractivity contribution >= 4 is 15.9 Å². The summed E-state index contributed by atoms with van der Waals surface area (Å²) in [5.74, 6) is 0.486. The Morgan fingerprint density at radius 1 is 0.682 bits per heavy atom. The van der Waals surface area contributed by atoms with Crippen molar-refractivity contribution in [3.8, 4) is 22.6 Å². The first-order valence-corrected chi connectivity index (χ1v) is 7.77. The van der Waals surface area contributed by atoms with Gasteiger partial charge in [0.15, 0.2) is 0 Å². The number of hydrogen-bond donors (Lipinski definition) is 2. The smallest absolute Gasteiger partial charge is 0.119 e. The highest BCUT2D eigenvalue weighted by molar-refractivity contribution is 9.10. The minimum Gasteiger partial charge on any atom is -0.508 e. The van der Waals surface area contributed by atoms with Crippen LogP contribution in [-0.4, -0.2) is 10.2 Å². The van der Waals surface area contributed by atoms with E-state index in [9.17, 15) is 10.2 Å². The van der Waals surface area contributed by atoms with E-state index in [1.165, 1.54) is 0 Å². The Labute approximate surface area is 137 Å². The van der Waals surface area contributed by atoms with Gasteiger partial charge in [0.05, 0.1) is 0 Å². The zero-order valence-electron chi connectivity index (χ0n) is 11.8. The molecule has 0 atom stereocenters. The summed E-state index contributed by atoms with van der Waals surface area (Å²) < 4.78 is 1.03. The summed E-state index contributed by atoms with van der Waals surface area (Å²) in [6.45, 7) is 0. The molecule has 22 heavy (non-hydrogen) atoms. The lowest BCUT2D eigenvalue weighted by molar-refractivity contribution is 0.463. The van der Waals surface area contributed by atoms with E-state index in [0.717, 1.165) is 26.7 Å². The average molecular weight is 355 g/mol. The predicted molar refractivity (Wildman–Crippen MR) is 92.2 cm³/mol. The molecule has 0 fully saturated rings. The van der Waals surface area contributed by atoms with Crippen LogP contribution >= 0.6 is 15.9 Å². The van der Waals surface area contributed by atoms with Gasteiger partial charge in [-0.3, -0.25) is 0 Å². The molecule has 2 nitrogen and oxygen atoms in total. The maximum absolute atomic E-state index is 10.1. The molecule has 3 heteroatoms. The molecule has 0 radical (unpaired) electrons. The Morgan fingerprint density at radius 3 is 2.05 bits per heavy atom. The van der Waals surface area contributed by atoms with E-state index in [1.54, 1.807) is 18.2 Å². The van der Waals surface area contributed by atoms with Gasteiger partial charge in [-0.05, 0) is 52.6 Å². The number of aromatic hydroxyl groups is 2. The van der Waals surface area contributed by atoms with Crippen LogP contribution in [0, 0.1) is 0 Å². The molecular weight excluding hydrogens is 340 g/mol. The monoisotopic (exact) mass is 354 g/mol. The minimum atomic E-state index is 0.240. The Morgan fingerprint density at radius 2 is 1.32 bits per heavy atom. The van der Waals surface area contributed by atoms with Gasteiger partial charge in [-0.25, -0.2) is 0 Å². The molecule has 0 spiro atoms. The van der Waals surface area contributed by atoms with Crippen molar-refractivity contribution in [3.05, 3.63) is 82.3 Å². The molecule has 0 aromatic heterocycles. The molecule has 3 aromatic carbocycles. The zero-order chi connectivity index (χ0) is 15.5. The first-order valence-electron chi connectivity index (χ1n) is 6.98. The van der Waals surface area contributed by atoms with Crippen molar-refractivity contribution in [1.29, 1.82) is 0 Å². The van der Waals surface area contributed by atoms with Crippen molar-refractivity contribution in [1.82, 2.24) is 0 Å². The highest BCUT2D eigenvalue weighted by Crippen LogP contribution is 2.30. The van der Waals surface area contributed by atoms with Crippen molar-refractivity contribution < 1.29 is 10.2 Å². The maximum atomic E-state index is 10.1. The molecule has 2 N–H and O–H groups in total. The second-order valence-corrected chi connectivity index (χ2v) is 6.07. The van der Waals surface area contributed by atoms with Crippen LogP contribution < -0.4 is 0 Å². The molecule has 0 amide bonds. The number of hydrogen-bond acceptors (Lipinski definition) is 2. The predicted octanol–water partition coefficient (Wildman–Crippen LogP) is 5.12. The van der Waals surface area contributed by atoms with Crippen LogP contribution in [0.4, 0.5) is 0 Å². The number of benzene rings is 3. The van der Waals surface area contributed by atoms with Gasteiger partial charge in [-0.1, -0.05) is 52.3 Å². The van der Waals surface area contributed by atoms with E-state index in [1.807, 2.05) is 48.5 Å². The molecule has 0 unspecified atom stereocenters. The molecule has 0 heterocycles.